The maximum atomic E-state index is 12.1. The van der Waals surface area contributed by atoms with Gasteiger partial charge < -0.3 is 15.2 Å². The van der Waals surface area contributed by atoms with E-state index in [4.69, 9.17) is 15.1 Å². The Morgan fingerprint density at radius 2 is 1.90 bits per heavy atom. The van der Waals surface area contributed by atoms with Crippen molar-refractivity contribution in [2.24, 2.45) is 0 Å². The normalized spacial score (nSPS) is 9.80. The van der Waals surface area contributed by atoms with Gasteiger partial charge >= 0.3 is 5.97 Å². The second-order valence-electron chi connectivity index (χ2n) is 6.21. The summed E-state index contributed by atoms with van der Waals surface area (Å²) >= 11 is 3.97. The van der Waals surface area contributed by atoms with E-state index in [-0.39, 0.29) is 5.82 Å². The summed E-state index contributed by atoms with van der Waals surface area (Å²) in [5, 5.41) is 20.9. The van der Waals surface area contributed by atoms with Crippen LogP contribution in [0.5, 0.6) is 5.75 Å². The summed E-state index contributed by atoms with van der Waals surface area (Å²) < 4.78 is 17.4. The highest BCUT2D eigenvalue weighted by Gasteiger charge is 2.10. The fourth-order valence-corrected chi connectivity index (χ4v) is 2.73. The first-order valence-corrected chi connectivity index (χ1v) is 9.45. The number of benzene rings is 3. The molecule has 0 heterocycles. The van der Waals surface area contributed by atoms with Gasteiger partial charge in [0.25, 0.3) is 0 Å². The molecule has 0 aliphatic rings. The second-order valence-corrected chi connectivity index (χ2v) is 6.73. The van der Waals surface area contributed by atoms with Crippen molar-refractivity contribution in [2.45, 2.75) is 11.4 Å². The van der Waals surface area contributed by atoms with Crippen molar-refractivity contribution < 1.29 is 19.0 Å². The summed E-state index contributed by atoms with van der Waals surface area (Å²) in [5.74, 6) is -0.767. The molecular formula is C23H21FN2O3S. The third-order valence-electron chi connectivity index (χ3n) is 3.91. The van der Waals surface area contributed by atoms with Gasteiger partial charge in [0, 0.05) is 17.0 Å². The van der Waals surface area contributed by atoms with E-state index in [2.05, 4.69) is 24.0 Å². The number of aliphatic carboxylic acids is 1. The molecule has 30 heavy (non-hydrogen) atoms. The van der Waals surface area contributed by atoms with Crippen molar-refractivity contribution in [2.75, 3.05) is 13.7 Å². The van der Waals surface area contributed by atoms with E-state index in [1.165, 1.54) is 12.1 Å². The van der Waals surface area contributed by atoms with Crippen LogP contribution in [0.2, 0.25) is 0 Å². The van der Waals surface area contributed by atoms with Crippen molar-refractivity contribution in [1.82, 2.24) is 5.32 Å². The minimum absolute atomic E-state index is 0.220. The first-order chi connectivity index (χ1) is 14.4. The highest BCUT2D eigenvalue weighted by molar-refractivity contribution is 7.80. The molecular weight excluding hydrogens is 403 g/mol. The number of carboxylic acid groups (broad SMARTS) is 1. The van der Waals surface area contributed by atoms with Crippen LogP contribution in [0, 0.1) is 17.1 Å². The van der Waals surface area contributed by atoms with E-state index in [1.54, 1.807) is 36.4 Å². The van der Waals surface area contributed by atoms with Crippen LogP contribution in [0.3, 0.4) is 0 Å². The molecule has 0 atom stereocenters. The van der Waals surface area contributed by atoms with Gasteiger partial charge in [-0.15, -0.1) is 12.6 Å². The number of rotatable bonds is 6. The average molecular weight is 424 g/mol. The number of carboxylic acids is 1. The molecule has 0 aliphatic carbocycles. The molecule has 0 aliphatic heterocycles. The molecule has 0 unspecified atom stereocenters. The molecule has 3 aromatic rings. The minimum atomic E-state index is -1.03. The van der Waals surface area contributed by atoms with Crippen LogP contribution >= 0.6 is 12.6 Å². The number of ether oxygens (including phenoxy) is 1. The van der Waals surface area contributed by atoms with Crippen LogP contribution in [0.25, 0.3) is 11.1 Å². The van der Waals surface area contributed by atoms with E-state index >= 15 is 0 Å². The molecule has 0 amide bonds. The molecule has 154 valence electrons. The Bertz CT molecular complexity index is 1010. The van der Waals surface area contributed by atoms with Crippen LogP contribution in [0.15, 0.2) is 71.6 Å². The zero-order valence-electron chi connectivity index (χ0n) is 16.3. The van der Waals surface area contributed by atoms with Crippen molar-refractivity contribution in [3.05, 3.63) is 83.7 Å². The number of nitriles is 1. The predicted molar refractivity (Wildman–Crippen MR) is 116 cm³/mol. The van der Waals surface area contributed by atoms with Crippen LogP contribution in [0.1, 0.15) is 11.1 Å². The van der Waals surface area contributed by atoms with Crippen LogP contribution < -0.4 is 10.1 Å². The predicted octanol–water partition coefficient (Wildman–Crippen LogP) is 4.52. The van der Waals surface area contributed by atoms with Crippen LogP contribution in [0.4, 0.5) is 4.39 Å². The lowest BCUT2D eigenvalue weighted by Gasteiger charge is -2.13. The quantitative estimate of drug-likeness (QED) is 0.507. The fraction of sp³-hybridized carbons (Fsp3) is 0.130. The summed E-state index contributed by atoms with van der Waals surface area (Å²) in [4.78, 5) is 11.5. The zero-order valence-corrected chi connectivity index (χ0v) is 17.2. The van der Waals surface area contributed by atoms with Gasteiger partial charge in [0.15, 0.2) is 6.61 Å². The summed E-state index contributed by atoms with van der Waals surface area (Å²) in [6, 6.07) is 20.8. The largest absolute Gasteiger partial charge is 0.481 e. The lowest BCUT2D eigenvalue weighted by atomic mass is 10.00. The van der Waals surface area contributed by atoms with Gasteiger partial charge in [0.05, 0.1) is 11.6 Å². The summed E-state index contributed by atoms with van der Waals surface area (Å²) in [5.41, 5.74) is 3.17. The lowest BCUT2D eigenvalue weighted by molar-refractivity contribution is -0.139. The first kappa shape index (κ1) is 22.9. The molecule has 5 nitrogen and oxygen atoms in total. The average Bonchev–Trinajstić information content (AvgIpc) is 2.75. The van der Waals surface area contributed by atoms with Gasteiger partial charge in [-0.05, 0) is 66.7 Å². The van der Waals surface area contributed by atoms with Crippen LogP contribution in [-0.2, 0) is 11.3 Å². The zero-order chi connectivity index (χ0) is 21.9. The minimum Gasteiger partial charge on any atom is -0.481 e. The Balaban J connectivity index is 0.000000335. The number of halogens is 1. The highest BCUT2D eigenvalue weighted by Crippen LogP contribution is 2.31. The molecule has 0 radical (unpaired) electrons. The SMILES string of the molecule is CNCc1ccc(OCC(=O)O)c(-c2cccc(C#N)c2)c1.Fc1ccc(S)cc1. The third-order valence-corrected chi connectivity index (χ3v) is 4.20. The van der Waals surface area contributed by atoms with Gasteiger partial charge in [-0.25, -0.2) is 9.18 Å². The van der Waals surface area contributed by atoms with E-state index < -0.39 is 12.6 Å². The molecule has 2 N–H and O–H groups in total. The fourth-order valence-electron chi connectivity index (χ4n) is 2.58. The molecule has 7 heteroatoms. The molecule has 0 fully saturated rings. The maximum absolute atomic E-state index is 12.1. The summed E-state index contributed by atoms with van der Waals surface area (Å²) in [6.45, 7) is 0.278. The Labute approximate surface area is 180 Å². The van der Waals surface area contributed by atoms with Crippen LogP contribution in [-0.4, -0.2) is 24.7 Å². The van der Waals surface area contributed by atoms with Crippen molar-refractivity contribution >= 4 is 18.6 Å². The van der Waals surface area contributed by atoms with Gasteiger partial charge in [0.2, 0.25) is 0 Å². The Hall–Kier alpha value is -3.34. The molecule has 0 saturated heterocycles. The highest BCUT2D eigenvalue weighted by atomic mass is 32.1. The smallest absolute Gasteiger partial charge is 0.341 e. The van der Waals surface area contributed by atoms with E-state index in [9.17, 15) is 9.18 Å². The topological polar surface area (TPSA) is 82.3 Å². The lowest BCUT2D eigenvalue weighted by Crippen LogP contribution is -2.10. The van der Waals surface area contributed by atoms with E-state index in [1.807, 2.05) is 25.2 Å². The molecule has 0 aromatic heterocycles. The maximum Gasteiger partial charge on any atom is 0.341 e. The number of hydrogen-bond donors (Lipinski definition) is 3. The number of carbonyl (C=O) groups is 1. The number of nitrogens with one attached hydrogen (secondary N) is 1. The van der Waals surface area contributed by atoms with E-state index in [0.717, 1.165) is 21.6 Å². The molecule has 3 rings (SSSR count). The number of nitrogens with zero attached hydrogens (tertiary/aromatic N) is 1. The Morgan fingerprint density at radius 3 is 2.50 bits per heavy atom. The molecule has 0 bridgehead atoms. The number of hydrogen-bond acceptors (Lipinski definition) is 5. The number of thiol groups is 1. The monoisotopic (exact) mass is 424 g/mol. The summed E-state index contributed by atoms with van der Waals surface area (Å²) in [6.07, 6.45) is 0. The van der Waals surface area contributed by atoms with Crippen molar-refractivity contribution in [1.29, 1.82) is 5.26 Å². The van der Waals surface area contributed by atoms with Crippen molar-refractivity contribution in [3.8, 4) is 22.9 Å². The first-order valence-electron chi connectivity index (χ1n) is 9.00. The molecule has 0 spiro atoms. The molecule has 0 saturated carbocycles. The van der Waals surface area contributed by atoms with Gasteiger partial charge in [-0.2, -0.15) is 5.26 Å². The summed E-state index contributed by atoms with van der Waals surface area (Å²) in [7, 11) is 1.85. The Kier molecular flexibility index (Phi) is 8.88. The van der Waals surface area contributed by atoms with Gasteiger partial charge in [0.1, 0.15) is 11.6 Å². The Morgan fingerprint density at radius 1 is 1.17 bits per heavy atom. The second kappa shape index (κ2) is 11.6. The van der Waals surface area contributed by atoms with E-state index in [0.29, 0.717) is 17.9 Å². The molecule has 3 aromatic carbocycles. The standard InChI is InChI=1S/C17H16N2O3.C6H5FS/c1-19-10-13-5-6-16(22-11-17(20)21)15(8-13)14-4-2-3-12(7-14)9-18;7-5-1-3-6(8)4-2-5/h2-8,19H,10-11H2,1H3,(H,20,21);1-4,8H. The third kappa shape index (κ3) is 7.24. The van der Waals surface area contributed by atoms with Gasteiger partial charge in [-0.3, -0.25) is 0 Å². The van der Waals surface area contributed by atoms with Gasteiger partial charge in [-0.1, -0.05) is 18.2 Å². The van der Waals surface area contributed by atoms with Crippen molar-refractivity contribution in [3.63, 3.8) is 0 Å².